The van der Waals surface area contributed by atoms with Gasteiger partial charge >= 0.3 is 0 Å². The molecule has 3 unspecified atom stereocenters. The van der Waals surface area contributed by atoms with Crippen molar-refractivity contribution < 1.29 is 0 Å². The lowest BCUT2D eigenvalue weighted by atomic mass is 10.1. The van der Waals surface area contributed by atoms with E-state index in [9.17, 15) is 0 Å². The highest BCUT2D eigenvalue weighted by molar-refractivity contribution is 4.83. The third-order valence-electron chi connectivity index (χ3n) is 3.39. The molecule has 0 aromatic rings. The number of nitrogens with one attached hydrogen (secondary N) is 1. The summed E-state index contributed by atoms with van der Waals surface area (Å²) in [6, 6.07) is 1.54. The normalized spacial score (nSPS) is 30.9. The quantitative estimate of drug-likeness (QED) is 0.681. The van der Waals surface area contributed by atoms with E-state index in [1.807, 2.05) is 0 Å². The van der Waals surface area contributed by atoms with E-state index in [1.165, 1.54) is 19.4 Å². The molecule has 0 amide bonds. The van der Waals surface area contributed by atoms with Crippen LogP contribution in [0.1, 0.15) is 40.5 Å². The van der Waals surface area contributed by atoms with Crippen LogP contribution in [0.2, 0.25) is 0 Å². The lowest BCUT2D eigenvalue weighted by molar-refractivity contribution is 0.190. The van der Waals surface area contributed by atoms with Crippen LogP contribution in [0.5, 0.6) is 0 Å². The van der Waals surface area contributed by atoms with Gasteiger partial charge in [0, 0.05) is 18.6 Å². The molecule has 0 aromatic carbocycles. The number of nitrogens with zero attached hydrogens (tertiary/aromatic N) is 1. The maximum atomic E-state index is 3.40. The van der Waals surface area contributed by atoms with Gasteiger partial charge in [0.25, 0.3) is 0 Å². The molecule has 1 fully saturated rings. The highest BCUT2D eigenvalue weighted by Gasteiger charge is 2.28. The summed E-state index contributed by atoms with van der Waals surface area (Å²) in [7, 11) is 0. The third kappa shape index (κ3) is 3.25. The molecular weight excluding hydrogens is 172 g/mol. The fourth-order valence-electron chi connectivity index (χ4n) is 2.60. The lowest BCUT2D eigenvalue weighted by Crippen LogP contribution is -2.37. The van der Waals surface area contributed by atoms with Gasteiger partial charge in [0.05, 0.1) is 0 Å². The molecule has 1 rings (SSSR count). The first-order valence-corrected chi connectivity index (χ1v) is 6.11. The van der Waals surface area contributed by atoms with Crippen molar-refractivity contribution >= 4 is 0 Å². The van der Waals surface area contributed by atoms with Crippen molar-refractivity contribution in [3.63, 3.8) is 0 Å². The highest BCUT2D eigenvalue weighted by Crippen LogP contribution is 2.25. The van der Waals surface area contributed by atoms with Gasteiger partial charge in [0.15, 0.2) is 0 Å². The first-order chi connectivity index (χ1) is 6.65. The number of likely N-dealkylation sites (tertiary alicyclic amines) is 1. The lowest BCUT2D eigenvalue weighted by Gasteiger charge is -2.28. The standard InChI is InChI=1S/C12H26N2/c1-5-13-7-6-11(3)14-9-10(2)8-12(14)4/h10-13H,5-9H2,1-4H3. The Morgan fingerprint density at radius 3 is 2.64 bits per heavy atom. The largest absolute Gasteiger partial charge is 0.317 e. The Kier molecular flexibility index (Phi) is 4.90. The van der Waals surface area contributed by atoms with E-state index in [0.717, 1.165) is 31.1 Å². The Hall–Kier alpha value is -0.0800. The fraction of sp³-hybridized carbons (Fsp3) is 1.00. The van der Waals surface area contributed by atoms with E-state index in [0.29, 0.717) is 0 Å². The monoisotopic (exact) mass is 198 g/mol. The molecule has 0 aromatic heterocycles. The fourth-order valence-corrected chi connectivity index (χ4v) is 2.60. The smallest absolute Gasteiger partial charge is 0.00819 e. The van der Waals surface area contributed by atoms with Gasteiger partial charge in [0.1, 0.15) is 0 Å². The van der Waals surface area contributed by atoms with Crippen molar-refractivity contribution in [3.05, 3.63) is 0 Å². The first-order valence-electron chi connectivity index (χ1n) is 6.11. The zero-order chi connectivity index (χ0) is 10.6. The van der Waals surface area contributed by atoms with Crippen molar-refractivity contribution in [2.45, 2.75) is 52.6 Å². The third-order valence-corrected chi connectivity index (χ3v) is 3.39. The number of hydrogen-bond acceptors (Lipinski definition) is 2. The van der Waals surface area contributed by atoms with Gasteiger partial charge in [-0.3, -0.25) is 4.90 Å². The summed E-state index contributed by atoms with van der Waals surface area (Å²) in [5, 5.41) is 3.40. The Morgan fingerprint density at radius 1 is 1.43 bits per heavy atom. The minimum absolute atomic E-state index is 0.744. The minimum Gasteiger partial charge on any atom is -0.317 e. The molecule has 84 valence electrons. The molecular formula is C12H26N2. The zero-order valence-corrected chi connectivity index (χ0v) is 10.2. The molecule has 3 atom stereocenters. The Morgan fingerprint density at radius 2 is 2.14 bits per heavy atom. The van der Waals surface area contributed by atoms with Crippen LogP contribution in [-0.4, -0.2) is 36.6 Å². The maximum absolute atomic E-state index is 3.40. The molecule has 0 bridgehead atoms. The van der Waals surface area contributed by atoms with E-state index in [2.05, 4.69) is 37.9 Å². The second kappa shape index (κ2) is 5.72. The minimum atomic E-state index is 0.744. The average molecular weight is 198 g/mol. The second-order valence-electron chi connectivity index (χ2n) is 4.88. The van der Waals surface area contributed by atoms with Gasteiger partial charge < -0.3 is 5.32 Å². The summed E-state index contributed by atoms with van der Waals surface area (Å²) < 4.78 is 0. The van der Waals surface area contributed by atoms with E-state index in [1.54, 1.807) is 0 Å². The molecule has 0 spiro atoms. The van der Waals surface area contributed by atoms with Gasteiger partial charge in [-0.25, -0.2) is 0 Å². The molecule has 0 aliphatic carbocycles. The van der Waals surface area contributed by atoms with Crippen LogP contribution in [0.25, 0.3) is 0 Å². The topological polar surface area (TPSA) is 15.3 Å². The Bertz CT molecular complexity index is 158. The summed E-state index contributed by atoms with van der Waals surface area (Å²) in [5.41, 5.74) is 0. The van der Waals surface area contributed by atoms with Crippen molar-refractivity contribution in [1.82, 2.24) is 10.2 Å². The molecule has 1 N–H and O–H groups in total. The van der Waals surface area contributed by atoms with E-state index < -0.39 is 0 Å². The predicted molar refractivity (Wildman–Crippen MR) is 62.6 cm³/mol. The number of hydrogen-bond donors (Lipinski definition) is 1. The molecule has 2 nitrogen and oxygen atoms in total. The SMILES string of the molecule is CCNCCC(C)N1CC(C)CC1C. The summed E-state index contributed by atoms with van der Waals surface area (Å²) in [4.78, 5) is 2.67. The van der Waals surface area contributed by atoms with Gasteiger partial charge in [-0.05, 0) is 45.7 Å². The molecule has 1 heterocycles. The van der Waals surface area contributed by atoms with Crippen LogP contribution < -0.4 is 5.32 Å². The van der Waals surface area contributed by atoms with E-state index >= 15 is 0 Å². The maximum Gasteiger partial charge on any atom is 0.00819 e. The molecule has 1 saturated heterocycles. The van der Waals surface area contributed by atoms with Gasteiger partial charge in [-0.1, -0.05) is 13.8 Å². The van der Waals surface area contributed by atoms with Crippen molar-refractivity contribution in [2.75, 3.05) is 19.6 Å². The summed E-state index contributed by atoms with van der Waals surface area (Å²) in [6.07, 6.45) is 2.66. The van der Waals surface area contributed by atoms with Gasteiger partial charge in [0.2, 0.25) is 0 Å². The van der Waals surface area contributed by atoms with Gasteiger partial charge in [-0.2, -0.15) is 0 Å². The Labute approximate surface area is 89.1 Å². The second-order valence-corrected chi connectivity index (χ2v) is 4.88. The predicted octanol–water partition coefficient (Wildman–Crippen LogP) is 2.10. The van der Waals surface area contributed by atoms with Gasteiger partial charge in [-0.15, -0.1) is 0 Å². The van der Waals surface area contributed by atoms with E-state index in [4.69, 9.17) is 0 Å². The van der Waals surface area contributed by atoms with Crippen LogP contribution in [-0.2, 0) is 0 Å². The molecule has 0 radical (unpaired) electrons. The summed E-state index contributed by atoms with van der Waals surface area (Å²) in [5.74, 6) is 0.895. The van der Waals surface area contributed by atoms with Crippen LogP contribution in [0.4, 0.5) is 0 Å². The molecule has 2 heteroatoms. The Balaban J connectivity index is 2.26. The van der Waals surface area contributed by atoms with E-state index in [-0.39, 0.29) is 0 Å². The van der Waals surface area contributed by atoms with Crippen LogP contribution >= 0.6 is 0 Å². The molecule has 14 heavy (non-hydrogen) atoms. The number of rotatable bonds is 5. The average Bonchev–Trinajstić information content (AvgIpc) is 2.45. The van der Waals surface area contributed by atoms with Crippen molar-refractivity contribution in [3.8, 4) is 0 Å². The van der Waals surface area contributed by atoms with Crippen LogP contribution in [0, 0.1) is 5.92 Å². The van der Waals surface area contributed by atoms with Crippen LogP contribution in [0.15, 0.2) is 0 Å². The zero-order valence-electron chi connectivity index (χ0n) is 10.2. The highest BCUT2D eigenvalue weighted by atomic mass is 15.2. The summed E-state index contributed by atoms with van der Waals surface area (Å²) >= 11 is 0. The molecule has 1 aliphatic heterocycles. The van der Waals surface area contributed by atoms with Crippen molar-refractivity contribution in [1.29, 1.82) is 0 Å². The molecule has 0 saturated carbocycles. The van der Waals surface area contributed by atoms with Crippen molar-refractivity contribution in [2.24, 2.45) is 5.92 Å². The van der Waals surface area contributed by atoms with Crippen LogP contribution in [0.3, 0.4) is 0 Å². The first kappa shape index (κ1) is 12.0. The molecule has 1 aliphatic rings. The summed E-state index contributed by atoms with van der Waals surface area (Å²) in [6.45, 7) is 12.8.